The van der Waals surface area contributed by atoms with Gasteiger partial charge in [0.1, 0.15) is 5.76 Å². The van der Waals surface area contributed by atoms with Crippen LogP contribution in [0.2, 0.25) is 0 Å². The van der Waals surface area contributed by atoms with Crippen molar-refractivity contribution in [1.29, 1.82) is 0 Å². The van der Waals surface area contributed by atoms with E-state index in [0.717, 1.165) is 24.0 Å². The molecule has 0 bridgehead atoms. The van der Waals surface area contributed by atoms with Crippen LogP contribution in [-0.4, -0.2) is 5.97 Å². The van der Waals surface area contributed by atoms with Crippen LogP contribution < -0.4 is 0 Å². The van der Waals surface area contributed by atoms with Gasteiger partial charge in [-0.25, -0.2) is 4.79 Å². The van der Waals surface area contributed by atoms with Crippen LogP contribution in [0, 0.1) is 34.5 Å². The maximum absolute atomic E-state index is 12.9. The van der Waals surface area contributed by atoms with Crippen molar-refractivity contribution in [1.82, 2.24) is 0 Å². The summed E-state index contributed by atoms with van der Waals surface area (Å²) in [5, 5.41) is 0. The predicted octanol–water partition coefficient (Wildman–Crippen LogP) is 6.77. The van der Waals surface area contributed by atoms with Crippen molar-refractivity contribution < 1.29 is 9.53 Å². The van der Waals surface area contributed by atoms with Gasteiger partial charge in [-0.05, 0) is 98.7 Å². The highest BCUT2D eigenvalue weighted by Gasteiger charge is 2.59. The summed E-state index contributed by atoms with van der Waals surface area (Å²) < 4.78 is 6.16. The smallest absolute Gasteiger partial charge is 0.343 e. The van der Waals surface area contributed by atoms with Gasteiger partial charge in [0.05, 0.1) is 5.56 Å². The third kappa shape index (κ3) is 2.70. The summed E-state index contributed by atoms with van der Waals surface area (Å²) in [7, 11) is 0. The minimum absolute atomic E-state index is 0.0372. The van der Waals surface area contributed by atoms with Crippen LogP contribution in [0.5, 0.6) is 0 Å². The Morgan fingerprint density at radius 3 is 2.61 bits per heavy atom. The topological polar surface area (TPSA) is 26.3 Å². The molecule has 2 heteroatoms. The molecule has 0 heterocycles. The lowest BCUT2D eigenvalue weighted by atomic mass is 9.46. The van der Waals surface area contributed by atoms with E-state index in [1.807, 2.05) is 30.3 Å². The number of hydrogen-bond acceptors (Lipinski definition) is 2. The fraction of sp³-hybridized carbons (Fsp3) is 0.654. The van der Waals surface area contributed by atoms with E-state index in [-0.39, 0.29) is 11.4 Å². The highest BCUT2D eigenvalue weighted by molar-refractivity contribution is 5.90. The number of esters is 1. The lowest BCUT2D eigenvalue weighted by molar-refractivity contribution is -0.0916. The van der Waals surface area contributed by atoms with Crippen LogP contribution in [0.25, 0.3) is 0 Å². The molecule has 0 saturated heterocycles. The highest BCUT2D eigenvalue weighted by Crippen LogP contribution is 2.66. The Hall–Kier alpha value is -1.57. The van der Waals surface area contributed by atoms with Gasteiger partial charge >= 0.3 is 5.97 Å². The Morgan fingerprint density at radius 2 is 1.79 bits per heavy atom. The normalized spacial score (nSPS) is 42.0. The third-order valence-corrected chi connectivity index (χ3v) is 9.27. The average Bonchev–Trinajstić information content (AvgIpc) is 3.11. The summed E-state index contributed by atoms with van der Waals surface area (Å²) in [6, 6.07) is 9.49. The highest BCUT2D eigenvalue weighted by atomic mass is 16.5. The van der Waals surface area contributed by atoms with Crippen LogP contribution in [0.1, 0.15) is 82.0 Å². The summed E-state index contributed by atoms with van der Waals surface area (Å²) in [6.07, 6.45) is 14.2. The number of allylic oxidation sites excluding steroid dienone is 2. The molecule has 0 aliphatic heterocycles. The first kappa shape index (κ1) is 18.5. The van der Waals surface area contributed by atoms with Crippen molar-refractivity contribution in [2.24, 2.45) is 34.5 Å². The van der Waals surface area contributed by atoms with E-state index in [4.69, 9.17) is 4.74 Å². The molecule has 1 aromatic rings. The Kier molecular flexibility index (Phi) is 4.45. The number of carbonyl (C=O) groups excluding carboxylic acids is 1. The van der Waals surface area contributed by atoms with Crippen molar-refractivity contribution in [2.75, 3.05) is 0 Å². The molecule has 3 saturated carbocycles. The van der Waals surface area contributed by atoms with Gasteiger partial charge in [-0.15, -0.1) is 0 Å². The van der Waals surface area contributed by atoms with Crippen molar-refractivity contribution in [2.45, 2.75) is 71.6 Å². The molecule has 0 radical (unpaired) electrons. The zero-order valence-electron chi connectivity index (χ0n) is 17.5. The molecule has 2 nitrogen and oxygen atoms in total. The maximum Gasteiger partial charge on any atom is 0.343 e. The maximum atomic E-state index is 12.9. The Labute approximate surface area is 169 Å². The van der Waals surface area contributed by atoms with Gasteiger partial charge in [-0.3, -0.25) is 0 Å². The van der Waals surface area contributed by atoms with E-state index >= 15 is 0 Å². The molecule has 0 aromatic heterocycles. The lowest BCUT2D eigenvalue weighted by Gasteiger charge is -2.59. The second-order valence-electron chi connectivity index (χ2n) is 10.4. The van der Waals surface area contributed by atoms with Crippen LogP contribution >= 0.6 is 0 Å². The third-order valence-electron chi connectivity index (χ3n) is 9.27. The zero-order valence-corrected chi connectivity index (χ0v) is 17.5. The molecule has 3 fully saturated rings. The molecule has 1 aromatic carbocycles. The molecule has 0 N–H and O–H groups in total. The average molecular weight is 379 g/mol. The minimum Gasteiger partial charge on any atom is -0.427 e. The number of ether oxygens (including phenoxy) is 1. The second-order valence-corrected chi connectivity index (χ2v) is 10.4. The van der Waals surface area contributed by atoms with E-state index in [1.165, 1.54) is 51.4 Å². The molecular weight excluding hydrogens is 344 g/mol. The zero-order chi connectivity index (χ0) is 19.4. The molecule has 1 unspecified atom stereocenters. The van der Waals surface area contributed by atoms with E-state index < -0.39 is 0 Å². The molecule has 150 valence electrons. The summed E-state index contributed by atoms with van der Waals surface area (Å²) in [5.41, 5.74) is 1.27. The Balaban J connectivity index is 1.45. The van der Waals surface area contributed by atoms with E-state index in [0.29, 0.717) is 22.8 Å². The molecule has 4 aliphatic rings. The molecule has 28 heavy (non-hydrogen) atoms. The van der Waals surface area contributed by atoms with E-state index in [9.17, 15) is 4.79 Å². The summed E-state index contributed by atoms with van der Waals surface area (Å²) in [5.74, 6) is 3.86. The fourth-order valence-electron chi connectivity index (χ4n) is 7.77. The summed E-state index contributed by atoms with van der Waals surface area (Å²) >= 11 is 0. The van der Waals surface area contributed by atoms with Gasteiger partial charge < -0.3 is 4.74 Å². The monoisotopic (exact) mass is 378 g/mol. The van der Waals surface area contributed by atoms with Crippen molar-refractivity contribution in [3.05, 3.63) is 47.7 Å². The van der Waals surface area contributed by atoms with E-state index in [2.05, 4.69) is 19.9 Å². The SMILES string of the molecule is C[C@@]12CCC[C@H]1[C@@H]1CCC3CCC=C(OC(=O)c4ccccc4)[C@]3(C)[C@@H]1CC2. The first-order chi connectivity index (χ1) is 13.5. The number of benzene rings is 1. The largest absolute Gasteiger partial charge is 0.427 e. The van der Waals surface area contributed by atoms with Gasteiger partial charge in [-0.1, -0.05) is 38.5 Å². The lowest BCUT2D eigenvalue weighted by Crippen LogP contribution is -2.52. The van der Waals surface area contributed by atoms with Crippen molar-refractivity contribution in [3.63, 3.8) is 0 Å². The van der Waals surface area contributed by atoms with Gasteiger partial charge in [0.25, 0.3) is 0 Å². The van der Waals surface area contributed by atoms with Crippen LogP contribution in [0.15, 0.2) is 42.2 Å². The first-order valence-corrected chi connectivity index (χ1v) is 11.5. The van der Waals surface area contributed by atoms with E-state index in [1.54, 1.807) is 0 Å². The number of rotatable bonds is 2. The molecule has 4 aliphatic carbocycles. The minimum atomic E-state index is -0.183. The number of carbonyl (C=O) groups is 1. The van der Waals surface area contributed by atoms with Gasteiger partial charge in [0.2, 0.25) is 0 Å². The Bertz CT molecular complexity index is 781. The van der Waals surface area contributed by atoms with Gasteiger partial charge in [0.15, 0.2) is 0 Å². The number of hydrogen-bond donors (Lipinski definition) is 0. The van der Waals surface area contributed by atoms with Crippen molar-refractivity contribution in [3.8, 4) is 0 Å². The van der Waals surface area contributed by atoms with Gasteiger partial charge in [-0.2, -0.15) is 0 Å². The first-order valence-electron chi connectivity index (χ1n) is 11.5. The van der Waals surface area contributed by atoms with Crippen LogP contribution in [0.4, 0.5) is 0 Å². The van der Waals surface area contributed by atoms with Crippen LogP contribution in [0.3, 0.4) is 0 Å². The molecular formula is C26H34O2. The standard InChI is InChI=1S/C26H34O2/c1-25-16-7-11-21(25)20-14-13-19-10-6-12-23(26(19,2)22(20)15-17-25)28-24(27)18-8-4-3-5-9-18/h3-5,8-9,12,19-22H,6-7,10-11,13-17H2,1-2H3/t19?,20-,21-,22+,25-,26-/m0/s1. The Morgan fingerprint density at radius 1 is 0.964 bits per heavy atom. The molecule has 0 amide bonds. The van der Waals surface area contributed by atoms with Crippen molar-refractivity contribution >= 4 is 5.97 Å². The molecule has 6 atom stereocenters. The van der Waals surface area contributed by atoms with Crippen LogP contribution in [-0.2, 0) is 4.74 Å². The summed E-state index contributed by atoms with van der Waals surface area (Å²) in [4.78, 5) is 12.9. The number of fused-ring (bicyclic) bond motifs is 5. The second kappa shape index (κ2) is 6.75. The summed E-state index contributed by atoms with van der Waals surface area (Å²) in [6.45, 7) is 5.00. The predicted molar refractivity (Wildman–Crippen MR) is 112 cm³/mol. The fourth-order valence-corrected chi connectivity index (χ4v) is 7.77. The van der Waals surface area contributed by atoms with Gasteiger partial charge in [0, 0.05) is 5.41 Å². The quantitative estimate of drug-likeness (QED) is 0.531. The molecule has 5 rings (SSSR count). The molecule has 0 spiro atoms.